The normalized spacial score (nSPS) is 10.6. The number of phenols is 1. The predicted molar refractivity (Wildman–Crippen MR) is 112 cm³/mol. The minimum Gasteiger partial charge on any atom is -0.508 e. The first-order chi connectivity index (χ1) is 14.8. The number of hydrazone groups is 1. The summed E-state index contributed by atoms with van der Waals surface area (Å²) in [4.78, 5) is 35.0. The van der Waals surface area contributed by atoms with Crippen LogP contribution in [0.25, 0.3) is 0 Å². The van der Waals surface area contributed by atoms with E-state index in [2.05, 4.69) is 10.5 Å². The van der Waals surface area contributed by atoms with Crippen LogP contribution >= 0.6 is 0 Å². The minimum atomic E-state index is -0.714. The second kappa shape index (κ2) is 9.31. The zero-order valence-corrected chi connectivity index (χ0v) is 16.3. The Morgan fingerprint density at radius 1 is 1.06 bits per heavy atom. The number of carbonyl (C=O) groups excluding carboxylic acids is 2. The van der Waals surface area contributed by atoms with Crippen molar-refractivity contribution in [3.63, 3.8) is 0 Å². The van der Waals surface area contributed by atoms with E-state index in [1.54, 1.807) is 18.2 Å². The molecule has 3 aromatic rings. The number of nitrogens with zero attached hydrogens (tertiary/aromatic N) is 2. The van der Waals surface area contributed by atoms with Gasteiger partial charge in [0.05, 0.1) is 16.7 Å². The van der Waals surface area contributed by atoms with Crippen LogP contribution in [0, 0.1) is 17.0 Å². The molecule has 0 unspecified atom stereocenters. The fraction of sp³-hybridized carbons (Fsp3) is 0.0455. The van der Waals surface area contributed by atoms with Gasteiger partial charge in [0, 0.05) is 17.2 Å². The Kier molecular flexibility index (Phi) is 6.36. The standard InChI is InChI=1S/C22H17N3O6/c1-14-3-2-4-17(11-14)22(28)31-20-10-5-15(12-19(20)25(29)30)13-23-24-21(27)16-6-8-18(26)9-7-16/h2-13,26H,1H3,(H,24,27). The molecule has 0 heterocycles. The molecule has 3 aromatic carbocycles. The number of hydrogen-bond donors (Lipinski definition) is 2. The summed E-state index contributed by atoms with van der Waals surface area (Å²) in [6.45, 7) is 1.81. The Balaban J connectivity index is 1.73. The van der Waals surface area contributed by atoms with Gasteiger partial charge in [-0.25, -0.2) is 10.2 Å². The highest BCUT2D eigenvalue weighted by Crippen LogP contribution is 2.28. The average molecular weight is 419 g/mol. The molecule has 2 N–H and O–H groups in total. The zero-order valence-electron chi connectivity index (χ0n) is 16.3. The first-order valence-electron chi connectivity index (χ1n) is 9.03. The fourth-order valence-electron chi connectivity index (χ4n) is 2.62. The minimum absolute atomic E-state index is 0.0237. The summed E-state index contributed by atoms with van der Waals surface area (Å²) >= 11 is 0. The molecule has 0 aliphatic heterocycles. The van der Waals surface area contributed by atoms with E-state index in [0.717, 1.165) is 5.56 Å². The number of ether oxygens (including phenoxy) is 1. The highest BCUT2D eigenvalue weighted by atomic mass is 16.6. The largest absolute Gasteiger partial charge is 0.508 e. The second-order valence-electron chi connectivity index (χ2n) is 6.49. The number of nitro benzene ring substituents is 1. The summed E-state index contributed by atoms with van der Waals surface area (Å²) in [7, 11) is 0. The highest BCUT2D eigenvalue weighted by molar-refractivity contribution is 5.95. The Morgan fingerprint density at radius 3 is 2.48 bits per heavy atom. The van der Waals surface area contributed by atoms with Gasteiger partial charge >= 0.3 is 11.7 Å². The molecule has 0 bridgehead atoms. The lowest BCUT2D eigenvalue weighted by Gasteiger charge is -2.06. The van der Waals surface area contributed by atoms with Crippen LogP contribution in [0.5, 0.6) is 11.5 Å². The summed E-state index contributed by atoms with van der Waals surface area (Å²) in [5.74, 6) is -1.42. The molecule has 0 aromatic heterocycles. The third kappa shape index (κ3) is 5.51. The molecule has 1 amide bonds. The van der Waals surface area contributed by atoms with Gasteiger partial charge in [0.2, 0.25) is 5.75 Å². The van der Waals surface area contributed by atoms with Crippen molar-refractivity contribution >= 4 is 23.8 Å². The number of nitro groups is 1. The number of aromatic hydroxyl groups is 1. The van der Waals surface area contributed by atoms with E-state index in [0.29, 0.717) is 5.56 Å². The van der Waals surface area contributed by atoms with Crippen LogP contribution in [0.2, 0.25) is 0 Å². The van der Waals surface area contributed by atoms with Gasteiger partial charge in [-0.3, -0.25) is 14.9 Å². The molecule has 156 valence electrons. The van der Waals surface area contributed by atoms with Crippen molar-refractivity contribution in [3.8, 4) is 11.5 Å². The fourth-order valence-corrected chi connectivity index (χ4v) is 2.62. The zero-order chi connectivity index (χ0) is 22.4. The monoisotopic (exact) mass is 419 g/mol. The molecule has 0 fully saturated rings. The summed E-state index contributed by atoms with van der Waals surface area (Å²) in [5.41, 5.74) is 3.58. The predicted octanol–water partition coefficient (Wildman–Crippen LogP) is 3.59. The van der Waals surface area contributed by atoms with E-state index in [1.807, 2.05) is 13.0 Å². The van der Waals surface area contributed by atoms with Gasteiger partial charge in [0.15, 0.2) is 0 Å². The van der Waals surface area contributed by atoms with E-state index < -0.39 is 22.5 Å². The first-order valence-corrected chi connectivity index (χ1v) is 9.03. The molecule has 0 radical (unpaired) electrons. The van der Waals surface area contributed by atoms with E-state index in [9.17, 15) is 24.8 Å². The molecule has 0 aliphatic rings. The van der Waals surface area contributed by atoms with Crippen molar-refractivity contribution in [2.24, 2.45) is 5.10 Å². The van der Waals surface area contributed by atoms with Gasteiger partial charge in [-0.2, -0.15) is 5.10 Å². The van der Waals surface area contributed by atoms with Crippen molar-refractivity contribution in [2.45, 2.75) is 6.92 Å². The van der Waals surface area contributed by atoms with E-state index in [-0.39, 0.29) is 22.6 Å². The van der Waals surface area contributed by atoms with Gasteiger partial charge in [-0.15, -0.1) is 0 Å². The number of nitrogens with one attached hydrogen (secondary N) is 1. The van der Waals surface area contributed by atoms with Crippen LogP contribution in [-0.2, 0) is 0 Å². The maximum atomic E-state index is 12.3. The molecule has 0 atom stereocenters. The maximum absolute atomic E-state index is 12.3. The number of aryl methyl sites for hydroxylation is 1. The average Bonchev–Trinajstić information content (AvgIpc) is 2.75. The van der Waals surface area contributed by atoms with Crippen molar-refractivity contribution < 1.29 is 24.4 Å². The Morgan fingerprint density at radius 2 is 1.81 bits per heavy atom. The number of phenolic OH excluding ortho intramolecular Hbond substituents is 1. The molecule has 31 heavy (non-hydrogen) atoms. The van der Waals surface area contributed by atoms with E-state index in [1.165, 1.54) is 48.7 Å². The quantitative estimate of drug-likeness (QED) is 0.206. The number of carbonyl (C=O) groups is 2. The third-order valence-electron chi connectivity index (χ3n) is 4.15. The first kappa shape index (κ1) is 21.2. The van der Waals surface area contributed by atoms with Gasteiger partial charge in [0.25, 0.3) is 5.91 Å². The van der Waals surface area contributed by atoms with Crippen LogP contribution in [-0.4, -0.2) is 28.1 Å². The summed E-state index contributed by atoms with van der Waals surface area (Å²) in [5, 5.41) is 24.4. The molecule has 0 spiro atoms. The Labute approximate surface area is 176 Å². The van der Waals surface area contributed by atoms with Crippen molar-refractivity contribution in [2.75, 3.05) is 0 Å². The van der Waals surface area contributed by atoms with Gasteiger partial charge in [0.1, 0.15) is 5.75 Å². The van der Waals surface area contributed by atoms with Gasteiger partial charge < -0.3 is 9.84 Å². The maximum Gasteiger partial charge on any atom is 0.343 e. The topological polar surface area (TPSA) is 131 Å². The third-order valence-corrected chi connectivity index (χ3v) is 4.15. The molecule has 3 rings (SSSR count). The number of amides is 1. The molecule has 0 saturated carbocycles. The summed E-state index contributed by atoms with van der Waals surface area (Å²) in [6.07, 6.45) is 1.22. The Hall–Kier alpha value is -4.53. The van der Waals surface area contributed by atoms with Crippen LogP contribution in [0.15, 0.2) is 71.8 Å². The molecular formula is C22H17N3O6. The van der Waals surface area contributed by atoms with Crippen LogP contribution in [0.3, 0.4) is 0 Å². The number of benzene rings is 3. The molecule has 9 heteroatoms. The smallest absolute Gasteiger partial charge is 0.343 e. The number of rotatable bonds is 6. The van der Waals surface area contributed by atoms with Crippen LogP contribution in [0.4, 0.5) is 5.69 Å². The van der Waals surface area contributed by atoms with E-state index in [4.69, 9.17) is 4.74 Å². The molecule has 0 aliphatic carbocycles. The summed E-state index contributed by atoms with van der Waals surface area (Å²) < 4.78 is 5.20. The lowest BCUT2D eigenvalue weighted by molar-refractivity contribution is -0.385. The van der Waals surface area contributed by atoms with Crippen molar-refractivity contribution in [1.82, 2.24) is 5.43 Å². The van der Waals surface area contributed by atoms with Crippen LogP contribution in [0.1, 0.15) is 31.8 Å². The lowest BCUT2D eigenvalue weighted by atomic mass is 10.1. The van der Waals surface area contributed by atoms with E-state index >= 15 is 0 Å². The number of hydrogen-bond acceptors (Lipinski definition) is 7. The molecule has 0 saturated heterocycles. The van der Waals surface area contributed by atoms with Crippen LogP contribution < -0.4 is 10.2 Å². The molecular weight excluding hydrogens is 402 g/mol. The van der Waals surface area contributed by atoms with Gasteiger partial charge in [-0.1, -0.05) is 17.7 Å². The Bertz CT molecular complexity index is 1170. The summed E-state index contributed by atoms with van der Waals surface area (Å²) in [6, 6.07) is 16.2. The second-order valence-corrected chi connectivity index (χ2v) is 6.49. The molecule has 9 nitrogen and oxygen atoms in total. The lowest BCUT2D eigenvalue weighted by Crippen LogP contribution is -2.17. The SMILES string of the molecule is Cc1cccc(C(=O)Oc2ccc(C=NNC(=O)c3ccc(O)cc3)cc2[N+](=O)[O-])c1. The van der Waals surface area contributed by atoms with Gasteiger partial charge in [-0.05, 0) is 55.5 Å². The number of esters is 1. The van der Waals surface area contributed by atoms with Crippen molar-refractivity contribution in [3.05, 3.63) is 99.1 Å². The van der Waals surface area contributed by atoms with Crippen molar-refractivity contribution in [1.29, 1.82) is 0 Å². The highest BCUT2D eigenvalue weighted by Gasteiger charge is 2.19.